The molecule has 0 unspecified atom stereocenters. The Kier molecular flexibility index (Phi) is 13.3. The standard InChI is InChI=1S/C16H26.Ca.2H/c1-2-3-4-5-6-7-8-10-13-16-14-11-9-12-15-16;;;/h9,11-12,14-15H,2-8,10,13H2,1H3;;;/q;+2;2*-1. The molecule has 0 aromatic heterocycles. The van der Waals surface area contributed by atoms with Gasteiger partial charge in [0.2, 0.25) is 0 Å². The first kappa shape index (κ1) is 17.5. The van der Waals surface area contributed by atoms with E-state index in [9.17, 15) is 0 Å². The van der Waals surface area contributed by atoms with Gasteiger partial charge >= 0.3 is 37.7 Å². The Morgan fingerprint density at radius 2 is 1.29 bits per heavy atom. The van der Waals surface area contributed by atoms with Crippen molar-refractivity contribution in [2.75, 3.05) is 0 Å². The quantitative estimate of drug-likeness (QED) is 0.422. The van der Waals surface area contributed by atoms with Gasteiger partial charge in [0.1, 0.15) is 0 Å². The minimum Gasteiger partial charge on any atom is -1.00 e. The molecule has 0 heterocycles. The van der Waals surface area contributed by atoms with Gasteiger partial charge in [0.25, 0.3) is 0 Å². The molecule has 0 aliphatic heterocycles. The van der Waals surface area contributed by atoms with Crippen LogP contribution in [0.4, 0.5) is 0 Å². The Hall–Kier alpha value is 0.480. The van der Waals surface area contributed by atoms with Gasteiger partial charge in [-0.15, -0.1) is 0 Å². The van der Waals surface area contributed by atoms with Crippen molar-refractivity contribution < 1.29 is 2.85 Å². The topological polar surface area (TPSA) is 0 Å². The predicted octanol–water partition coefficient (Wildman–Crippen LogP) is 5.21. The Bertz CT molecular complexity index is 252. The van der Waals surface area contributed by atoms with Crippen LogP contribution in [0, 0.1) is 0 Å². The van der Waals surface area contributed by atoms with Crippen molar-refractivity contribution >= 4 is 37.7 Å². The van der Waals surface area contributed by atoms with Gasteiger partial charge in [-0.3, -0.25) is 0 Å². The number of rotatable bonds is 9. The third-order valence-electron chi connectivity index (χ3n) is 3.16. The molecule has 0 fully saturated rings. The molecule has 0 amide bonds. The summed E-state index contributed by atoms with van der Waals surface area (Å²) in [5.41, 5.74) is 1.49. The SMILES string of the molecule is CCCCCCCCCCc1ccccc1.[Ca+2].[H-].[H-]. The minimum atomic E-state index is 0. The summed E-state index contributed by atoms with van der Waals surface area (Å²) in [6.45, 7) is 2.28. The molecule has 0 bridgehead atoms. The van der Waals surface area contributed by atoms with Gasteiger partial charge in [0.05, 0.1) is 0 Å². The minimum absolute atomic E-state index is 0. The van der Waals surface area contributed by atoms with Gasteiger partial charge in [-0.25, -0.2) is 0 Å². The molecule has 1 aromatic carbocycles. The van der Waals surface area contributed by atoms with Gasteiger partial charge in [-0.2, -0.15) is 0 Å². The molecule has 0 radical (unpaired) electrons. The summed E-state index contributed by atoms with van der Waals surface area (Å²) >= 11 is 0. The monoisotopic (exact) mass is 260 g/mol. The molecular formula is C16H28Ca. The second kappa shape index (κ2) is 12.9. The van der Waals surface area contributed by atoms with Crippen molar-refractivity contribution in [1.29, 1.82) is 0 Å². The van der Waals surface area contributed by atoms with Gasteiger partial charge in [0.15, 0.2) is 0 Å². The largest absolute Gasteiger partial charge is 2.00 e. The first-order valence-corrected chi connectivity index (χ1v) is 6.97. The zero-order valence-corrected chi connectivity index (χ0v) is 13.7. The Morgan fingerprint density at radius 3 is 1.88 bits per heavy atom. The number of hydrogen-bond donors (Lipinski definition) is 0. The van der Waals surface area contributed by atoms with E-state index in [-0.39, 0.29) is 40.6 Å². The van der Waals surface area contributed by atoms with E-state index < -0.39 is 0 Å². The van der Waals surface area contributed by atoms with Crippen molar-refractivity contribution in [3.05, 3.63) is 35.9 Å². The zero-order valence-electron chi connectivity index (χ0n) is 13.5. The fraction of sp³-hybridized carbons (Fsp3) is 0.625. The van der Waals surface area contributed by atoms with Gasteiger partial charge in [0, 0.05) is 0 Å². The fourth-order valence-electron chi connectivity index (χ4n) is 2.11. The Labute approximate surface area is 140 Å². The van der Waals surface area contributed by atoms with E-state index in [0.29, 0.717) is 0 Å². The van der Waals surface area contributed by atoms with Crippen molar-refractivity contribution in [3.8, 4) is 0 Å². The fourth-order valence-corrected chi connectivity index (χ4v) is 2.11. The maximum atomic E-state index is 2.28. The summed E-state index contributed by atoms with van der Waals surface area (Å²) in [6, 6.07) is 10.8. The number of unbranched alkanes of at least 4 members (excludes halogenated alkanes) is 7. The van der Waals surface area contributed by atoms with E-state index >= 15 is 0 Å². The van der Waals surface area contributed by atoms with Crippen LogP contribution in [0.25, 0.3) is 0 Å². The van der Waals surface area contributed by atoms with Crippen molar-refractivity contribution in [1.82, 2.24) is 0 Å². The average molecular weight is 260 g/mol. The number of aryl methyl sites for hydroxylation is 1. The van der Waals surface area contributed by atoms with Crippen molar-refractivity contribution in [3.63, 3.8) is 0 Å². The molecule has 1 aromatic rings. The second-order valence-corrected chi connectivity index (χ2v) is 4.71. The molecule has 0 atom stereocenters. The van der Waals surface area contributed by atoms with E-state index in [0.717, 1.165) is 0 Å². The number of hydrogen-bond acceptors (Lipinski definition) is 0. The van der Waals surface area contributed by atoms with E-state index in [1.807, 2.05) is 0 Å². The van der Waals surface area contributed by atoms with Crippen molar-refractivity contribution in [2.24, 2.45) is 0 Å². The zero-order chi connectivity index (χ0) is 11.5. The van der Waals surface area contributed by atoms with Crippen LogP contribution in [0.5, 0.6) is 0 Å². The maximum absolute atomic E-state index is 2.28. The average Bonchev–Trinajstić information content (AvgIpc) is 2.34. The van der Waals surface area contributed by atoms with Gasteiger partial charge in [-0.1, -0.05) is 82.2 Å². The van der Waals surface area contributed by atoms with Crippen LogP contribution in [0.1, 0.15) is 66.7 Å². The van der Waals surface area contributed by atoms with Gasteiger partial charge < -0.3 is 2.85 Å². The molecule has 1 rings (SSSR count). The van der Waals surface area contributed by atoms with Crippen LogP contribution in [0.2, 0.25) is 0 Å². The molecule has 94 valence electrons. The number of benzene rings is 1. The van der Waals surface area contributed by atoms with E-state index in [1.165, 1.54) is 63.4 Å². The van der Waals surface area contributed by atoms with E-state index in [1.54, 1.807) is 0 Å². The summed E-state index contributed by atoms with van der Waals surface area (Å²) in [4.78, 5) is 0. The molecular weight excluding hydrogens is 232 g/mol. The first-order chi connectivity index (χ1) is 7.93. The van der Waals surface area contributed by atoms with E-state index in [2.05, 4.69) is 37.3 Å². The van der Waals surface area contributed by atoms with Crippen LogP contribution in [-0.4, -0.2) is 37.7 Å². The summed E-state index contributed by atoms with van der Waals surface area (Å²) in [5, 5.41) is 0. The summed E-state index contributed by atoms with van der Waals surface area (Å²) < 4.78 is 0. The van der Waals surface area contributed by atoms with Gasteiger partial charge in [-0.05, 0) is 18.4 Å². The van der Waals surface area contributed by atoms with Crippen LogP contribution in [-0.2, 0) is 6.42 Å². The molecule has 17 heavy (non-hydrogen) atoms. The summed E-state index contributed by atoms with van der Waals surface area (Å²) in [7, 11) is 0. The molecule has 0 aliphatic carbocycles. The summed E-state index contributed by atoms with van der Waals surface area (Å²) in [5.74, 6) is 0. The molecule has 0 nitrogen and oxygen atoms in total. The first-order valence-electron chi connectivity index (χ1n) is 6.97. The van der Waals surface area contributed by atoms with Crippen LogP contribution in [0.15, 0.2) is 30.3 Å². The smallest absolute Gasteiger partial charge is 1.00 e. The molecule has 1 heteroatoms. The van der Waals surface area contributed by atoms with E-state index in [4.69, 9.17) is 0 Å². The summed E-state index contributed by atoms with van der Waals surface area (Å²) in [6.07, 6.45) is 12.5. The second-order valence-electron chi connectivity index (χ2n) is 4.71. The van der Waals surface area contributed by atoms with Crippen LogP contribution in [0.3, 0.4) is 0 Å². The molecule has 0 N–H and O–H groups in total. The predicted molar refractivity (Wildman–Crippen MR) is 80.7 cm³/mol. The molecule has 0 spiro atoms. The van der Waals surface area contributed by atoms with Crippen LogP contribution < -0.4 is 0 Å². The van der Waals surface area contributed by atoms with Crippen molar-refractivity contribution in [2.45, 2.75) is 64.7 Å². The third-order valence-corrected chi connectivity index (χ3v) is 3.16. The molecule has 0 saturated heterocycles. The third kappa shape index (κ3) is 10.1. The Morgan fingerprint density at radius 1 is 0.765 bits per heavy atom. The molecule has 0 aliphatic rings. The van der Waals surface area contributed by atoms with Crippen LogP contribution >= 0.6 is 0 Å². The Balaban J connectivity index is -0.000000853. The maximum Gasteiger partial charge on any atom is 2.00 e. The molecule has 0 saturated carbocycles. The normalized spacial score (nSPS) is 9.94.